The molecule has 6 heteroatoms. The predicted octanol–water partition coefficient (Wildman–Crippen LogP) is -0.516. The maximum Gasteiger partial charge on any atom is 0.488 e. The first-order valence-corrected chi connectivity index (χ1v) is 6.48. The molecular formula is C13H21BN2O3. The van der Waals surface area contributed by atoms with Gasteiger partial charge in [-0.15, -0.1) is 0 Å². The summed E-state index contributed by atoms with van der Waals surface area (Å²) in [6, 6.07) is 6.76. The molecule has 1 aromatic rings. The molecule has 1 aromatic carbocycles. The second kappa shape index (κ2) is 7.94. The Morgan fingerprint density at radius 2 is 2.05 bits per heavy atom. The average Bonchev–Trinajstić information content (AvgIpc) is 2.37. The fourth-order valence-electron chi connectivity index (χ4n) is 1.62. The standard InChI is InChI=1S/C13H21BN2O3/c1-10(2)15-7-4-8-16-13(17)11-5-3-6-12(9-11)14(18)19/h3,5-6,9-10,15,18-19H,4,7-8H2,1-2H3,(H,16,17). The fraction of sp³-hybridized carbons (Fsp3) is 0.462. The number of hydrogen-bond acceptors (Lipinski definition) is 4. The van der Waals surface area contributed by atoms with E-state index in [9.17, 15) is 4.79 Å². The zero-order valence-corrected chi connectivity index (χ0v) is 11.4. The molecule has 0 fully saturated rings. The van der Waals surface area contributed by atoms with Gasteiger partial charge in [-0.3, -0.25) is 4.79 Å². The fourth-order valence-corrected chi connectivity index (χ4v) is 1.62. The maximum atomic E-state index is 11.8. The third kappa shape index (κ3) is 5.87. The third-order valence-electron chi connectivity index (χ3n) is 2.64. The average molecular weight is 264 g/mol. The van der Waals surface area contributed by atoms with E-state index in [1.807, 2.05) is 0 Å². The lowest BCUT2D eigenvalue weighted by molar-refractivity contribution is 0.0953. The second-order valence-corrected chi connectivity index (χ2v) is 4.72. The monoisotopic (exact) mass is 264 g/mol. The molecule has 0 aliphatic rings. The van der Waals surface area contributed by atoms with E-state index in [4.69, 9.17) is 10.0 Å². The van der Waals surface area contributed by atoms with Crippen molar-refractivity contribution in [1.82, 2.24) is 10.6 Å². The summed E-state index contributed by atoms with van der Waals surface area (Å²) < 4.78 is 0. The van der Waals surface area contributed by atoms with Gasteiger partial charge in [-0.05, 0) is 30.6 Å². The van der Waals surface area contributed by atoms with Crippen molar-refractivity contribution in [2.24, 2.45) is 0 Å². The molecule has 0 radical (unpaired) electrons. The van der Waals surface area contributed by atoms with Crippen molar-refractivity contribution in [1.29, 1.82) is 0 Å². The summed E-state index contributed by atoms with van der Waals surface area (Å²) in [6.07, 6.45) is 0.853. The molecule has 5 nitrogen and oxygen atoms in total. The van der Waals surface area contributed by atoms with E-state index in [1.54, 1.807) is 18.2 Å². The lowest BCUT2D eigenvalue weighted by Crippen LogP contribution is -2.32. The number of carbonyl (C=O) groups is 1. The first-order chi connectivity index (χ1) is 9.00. The molecule has 1 amide bonds. The highest BCUT2D eigenvalue weighted by molar-refractivity contribution is 6.58. The first kappa shape index (κ1) is 15.7. The van der Waals surface area contributed by atoms with E-state index < -0.39 is 7.12 Å². The second-order valence-electron chi connectivity index (χ2n) is 4.72. The molecule has 4 N–H and O–H groups in total. The van der Waals surface area contributed by atoms with Crippen molar-refractivity contribution in [3.05, 3.63) is 29.8 Å². The van der Waals surface area contributed by atoms with Gasteiger partial charge in [0.05, 0.1) is 0 Å². The number of hydrogen-bond donors (Lipinski definition) is 4. The Morgan fingerprint density at radius 1 is 1.32 bits per heavy atom. The van der Waals surface area contributed by atoms with E-state index in [1.165, 1.54) is 6.07 Å². The summed E-state index contributed by atoms with van der Waals surface area (Å²) in [6.45, 7) is 5.59. The molecule has 0 saturated carbocycles. The van der Waals surface area contributed by atoms with Gasteiger partial charge in [-0.25, -0.2) is 0 Å². The molecule has 1 rings (SSSR count). The number of benzene rings is 1. The van der Waals surface area contributed by atoms with Gasteiger partial charge in [0.15, 0.2) is 0 Å². The molecule has 0 bridgehead atoms. The minimum atomic E-state index is -1.55. The summed E-state index contributed by atoms with van der Waals surface area (Å²) in [5, 5.41) is 24.1. The largest absolute Gasteiger partial charge is 0.488 e. The molecule has 0 unspecified atom stereocenters. The van der Waals surface area contributed by atoms with Gasteiger partial charge < -0.3 is 20.7 Å². The van der Waals surface area contributed by atoms with E-state index in [-0.39, 0.29) is 5.91 Å². The highest BCUT2D eigenvalue weighted by Crippen LogP contribution is 1.97. The summed E-state index contributed by atoms with van der Waals surface area (Å²) in [5.74, 6) is -0.202. The van der Waals surface area contributed by atoms with Crippen LogP contribution in [0.25, 0.3) is 0 Å². The molecule has 0 aromatic heterocycles. The number of carbonyl (C=O) groups excluding carboxylic acids is 1. The Kier molecular flexibility index (Phi) is 6.55. The summed E-state index contributed by atoms with van der Waals surface area (Å²) in [5.41, 5.74) is 0.747. The summed E-state index contributed by atoms with van der Waals surface area (Å²) >= 11 is 0. The van der Waals surface area contributed by atoms with Crippen molar-refractivity contribution >= 4 is 18.5 Å². The molecule has 104 valence electrons. The lowest BCUT2D eigenvalue weighted by Gasteiger charge is -2.09. The summed E-state index contributed by atoms with van der Waals surface area (Å²) in [4.78, 5) is 11.8. The van der Waals surface area contributed by atoms with Crippen LogP contribution in [0, 0.1) is 0 Å². The minimum Gasteiger partial charge on any atom is -0.423 e. The van der Waals surface area contributed by atoms with Gasteiger partial charge in [0.1, 0.15) is 0 Å². The van der Waals surface area contributed by atoms with E-state index in [0.29, 0.717) is 23.6 Å². The Morgan fingerprint density at radius 3 is 2.68 bits per heavy atom. The molecule has 19 heavy (non-hydrogen) atoms. The number of rotatable bonds is 7. The third-order valence-corrected chi connectivity index (χ3v) is 2.64. The van der Waals surface area contributed by atoms with E-state index in [0.717, 1.165) is 13.0 Å². The quantitative estimate of drug-likeness (QED) is 0.395. The highest BCUT2D eigenvalue weighted by atomic mass is 16.4. The van der Waals surface area contributed by atoms with E-state index >= 15 is 0 Å². The van der Waals surface area contributed by atoms with Crippen LogP contribution in [0.5, 0.6) is 0 Å². The Balaban J connectivity index is 2.39. The molecule has 0 atom stereocenters. The van der Waals surface area contributed by atoms with Crippen molar-refractivity contribution in [3.8, 4) is 0 Å². The Hall–Kier alpha value is -1.37. The van der Waals surface area contributed by atoms with Crippen molar-refractivity contribution in [3.63, 3.8) is 0 Å². The number of amides is 1. The van der Waals surface area contributed by atoms with Crippen LogP contribution < -0.4 is 16.1 Å². The zero-order valence-electron chi connectivity index (χ0n) is 11.4. The lowest BCUT2D eigenvalue weighted by atomic mass is 9.79. The molecule has 0 aliphatic carbocycles. The van der Waals surface area contributed by atoms with Gasteiger partial charge in [0.2, 0.25) is 0 Å². The zero-order chi connectivity index (χ0) is 14.3. The Labute approximate surface area is 114 Å². The topological polar surface area (TPSA) is 81.6 Å². The Bertz CT molecular complexity index is 411. The molecule has 0 saturated heterocycles. The smallest absolute Gasteiger partial charge is 0.423 e. The first-order valence-electron chi connectivity index (χ1n) is 6.48. The van der Waals surface area contributed by atoms with Gasteiger partial charge >= 0.3 is 7.12 Å². The van der Waals surface area contributed by atoms with Crippen LogP contribution in [0.4, 0.5) is 0 Å². The van der Waals surface area contributed by atoms with Gasteiger partial charge in [-0.2, -0.15) is 0 Å². The molecule has 0 heterocycles. The molecular weight excluding hydrogens is 243 g/mol. The van der Waals surface area contributed by atoms with Gasteiger partial charge in [0, 0.05) is 18.2 Å². The van der Waals surface area contributed by atoms with Crippen LogP contribution in [0.3, 0.4) is 0 Å². The highest BCUT2D eigenvalue weighted by Gasteiger charge is 2.13. The summed E-state index contributed by atoms with van der Waals surface area (Å²) in [7, 11) is -1.55. The number of nitrogens with one attached hydrogen (secondary N) is 2. The molecule has 0 spiro atoms. The van der Waals surface area contributed by atoms with Crippen LogP contribution in [0.1, 0.15) is 30.6 Å². The molecule has 0 aliphatic heterocycles. The van der Waals surface area contributed by atoms with Gasteiger partial charge in [-0.1, -0.05) is 26.0 Å². The predicted molar refractivity (Wildman–Crippen MR) is 76.4 cm³/mol. The van der Waals surface area contributed by atoms with Crippen LogP contribution in [-0.4, -0.2) is 42.2 Å². The van der Waals surface area contributed by atoms with E-state index in [2.05, 4.69) is 24.5 Å². The SMILES string of the molecule is CC(C)NCCCNC(=O)c1cccc(B(O)O)c1. The van der Waals surface area contributed by atoms with Crippen molar-refractivity contribution in [2.45, 2.75) is 26.3 Å². The van der Waals surface area contributed by atoms with Gasteiger partial charge in [0.25, 0.3) is 5.91 Å². The van der Waals surface area contributed by atoms with Crippen LogP contribution in [0.15, 0.2) is 24.3 Å². The van der Waals surface area contributed by atoms with Crippen molar-refractivity contribution in [2.75, 3.05) is 13.1 Å². The normalized spacial score (nSPS) is 10.6. The maximum absolute atomic E-state index is 11.8. The van der Waals surface area contributed by atoms with Crippen LogP contribution in [0.2, 0.25) is 0 Å². The van der Waals surface area contributed by atoms with Crippen LogP contribution in [-0.2, 0) is 0 Å². The van der Waals surface area contributed by atoms with Crippen molar-refractivity contribution < 1.29 is 14.8 Å². The van der Waals surface area contributed by atoms with Crippen LogP contribution >= 0.6 is 0 Å². The minimum absolute atomic E-state index is 0.202.